The molecule has 3 heterocycles. The third-order valence-corrected chi connectivity index (χ3v) is 4.00. The monoisotopic (exact) mass is 300 g/mol. The minimum absolute atomic E-state index is 0.176. The normalized spacial score (nSPS) is 18.4. The Morgan fingerprint density at radius 1 is 1.45 bits per heavy atom. The molecule has 0 aliphatic carbocycles. The molecule has 0 N–H and O–H groups in total. The van der Waals surface area contributed by atoms with Crippen molar-refractivity contribution in [3.63, 3.8) is 0 Å². The van der Waals surface area contributed by atoms with Crippen LogP contribution in [-0.4, -0.2) is 39.0 Å². The minimum Gasteiger partial charge on any atom is -0.342 e. The highest BCUT2D eigenvalue weighted by atomic mass is 16.5. The zero-order chi connectivity index (χ0) is 15.4. The average Bonchev–Trinajstić information content (AvgIpc) is 3.00. The summed E-state index contributed by atoms with van der Waals surface area (Å²) in [5, 5.41) is 3.99. The third-order valence-electron chi connectivity index (χ3n) is 4.00. The smallest absolute Gasteiger partial charge is 0.223 e. The summed E-state index contributed by atoms with van der Waals surface area (Å²) in [6, 6.07) is 5.78. The van der Waals surface area contributed by atoms with Crippen LogP contribution in [0.3, 0.4) is 0 Å². The molecular formula is C16H20N4O2. The Kier molecular flexibility index (Phi) is 4.46. The predicted molar refractivity (Wildman–Crippen MR) is 80.1 cm³/mol. The van der Waals surface area contributed by atoms with Crippen molar-refractivity contribution in [2.45, 2.75) is 38.5 Å². The first-order valence-electron chi connectivity index (χ1n) is 7.70. The van der Waals surface area contributed by atoms with Crippen molar-refractivity contribution in [1.82, 2.24) is 20.0 Å². The lowest BCUT2D eigenvalue weighted by molar-refractivity contribution is -0.132. The lowest BCUT2D eigenvalue weighted by atomic mass is 9.97. The first kappa shape index (κ1) is 14.7. The SMILES string of the molecule is Cc1nc([C@@H]2CCCN(C(=O)CCc3ccccn3)C2)no1. The second kappa shape index (κ2) is 6.68. The number of carbonyl (C=O) groups excluding carboxylic acids is 1. The van der Waals surface area contributed by atoms with Gasteiger partial charge in [-0.15, -0.1) is 0 Å². The zero-order valence-electron chi connectivity index (χ0n) is 12.7. The summed E-state index contributed by atoms with van der Waals surface area (Å²) in [5.74, 6) is 1.66. The van der Waals surface area contributed by atoms with Crippen LogP contribution in [0.1, 0.15) is 42.6 Å². The van der Waals surface area contributed by atoms with Crippen molar-refractivity contribution in [2.24, 2.45) is 0 Å². The second-order valence-corrected chi connectivity index (χ2v) is 5.67. The summed E-state index contributed by atoms with van der Waals surface area (Å²) in [5.41, 5.74) is 0.957. The van der Waals surface area contributed by atoms with Crippen LogP contribution in [0.15, 0.2) is 28.9 Å². The van der Waals surface area contributed by atoms with Crippen LogP contribution in [0.5, 0.6) is 0 Å². The van der Waals surface area contributed by atoms with Gasteiger partial charge < -0.3 is 9.42 Å². The Hall–Kier alpha value is -2.24. The molecule has 0 saturated carbocycles. The molecule has 1 fully saturated rings. The molecule has 0 bridgehead atoms. The van der Waals surface area contributed by atoms with Gasteiger partial charge in [-0.2, -0.15) is 4.98 Å². The number of carbonyl (C=O) groups is 1. The Morgan fingerprint density at radius 3 is 3.09 bits per heavy atom. The number of nitrogens with zero attached hydrogens (tertiary/aromatic N) is 4. The molecule has 2 aromatic heterocycles. The van der Waals surface area contributed by atoms with E-state index in [2.05, 4.69) is 15.1 Å². The molecule has 1 aliphatic rings. The average molecular weight is 300 g/mol. The summed E-state index contributed by atoms with van der Waals surface area (Å²) in [6.07, 6.45) is 4.92. The van der Waals surface area contributed by atoms with Crippen molar-refractivity contribution in [1.29, 1.82) is 0 Å². The molecule has 1 atom stereocenters. The first-order chi connectivity index (χ1) is 10.7. The van der Waals surface area contributed by atoms with Gasteiger partial charge in [0, 0.05) is 44.2 Å². The molecule has 6 nitrogen and oxygen atoms in total. The topological polar surface area (TPSA) is 72.1 Å². The Balaban J connectivity index is 1.56. The van der Waals surface area contributed by atoms with E-state index >= 15 is 0 Å². The lowest BCUT2D eigenvalue weighted by Gasteiger charge is -2.31. The van der Waals surface area contributed by atoms with Gasteiger partial charge in [-0.3, -0.25) is 9.78 Å². The van der Waals surface area contributed by atoms with E-state index in [9.17, 15) is 4.79 Å². The number of rotatable bonds is 4. The van der Waals surface area contributed by atoms with Crippen LogP contribution in [-0.2, 0) is 11.2 Å². The summed E-state index contributed by atoms with van der Waals surface area (Å²) >= 11 is 0. The highest BCUT2D eigenvalue weighted by Gasteiger charge is 2.27. The summed E-state index contributed by atoms with van der Waals surface area (Å²) < 4.78 is 5.05. The fraction of sp³-hybridized carbons (Fsp3) is 0.500. The van der Waals surface area contributed by atoms with Crippen molar-refractivity contribution in [3.05, 3.63) is 41.8 Å². The summed E-state index contributed by atoms with van der Waals surface area (Å²) in [4.78, 5) is 22.9. The van der Waals surface area contributed by atoms with Crippen molar-refractivity contribution < 1.29 is 9.32 Å². The highest BCUT2D eigenvalue weighted by Crippen LogP contribution is 2.25. The Morgan fingerprint density at radius 2 is 2.36 bits per heavy atom. The number of piperidine rings is 1. The van der Waals surface area contributed by atoms with Crippen molar-refractivity contribution in [2.75, 3.05) is 13.1 Å². The maximum atomic E-state index is 12.4. The largest absolute Gasteiger partial charge is 0.342 e. The van der Waals surface area contributed by atoms with E-state index in [1.165, 1.54) is 0 Å². The van der Waals surface area contributed by atoms with Crippen LogP contribution in [0.25, 0.3) is 0 Å². The Labute approximate surface area is 129 Å². The van der Waals surface area contributed by atoms with Gasteiger partial charge in [-0.25, -0.2) is 0 Å². The number of likely N-dealkylation sites (tertiary alicyclic amines) is 1. The van der Waals surface area contributed by atoms with E-state index in [1.807, 2.05) is 23.1 Å². The lowest BCUT2D eigenvalue weighted by Crippen LogP contribution is -2.39. The summed E-state index contributed by atoms with van der Waals surface area (Å²) in [7, 11) is 0. The molecule has 116 valence electrons. The molecule has 6 heteroatoms. The van der Waals surface area contributed by atoms with Crippen LogP contribution >= 0.6 is 0 Å². The standard InChI is InChI=1S/C16H20N4O2/c1-12-18-16(19-22-12)13-5-4-10-20(11-13)15(21)8-7-14-6-2-3-9-17-14/h2-3,6,9,13H,4-5,7-8,10-11H2,1H3/t13-/m1/s1. The zero-order valence-corrected chi connectivity index (χ0v) is 12.7. The van der Waals surface area contributed by atoms with Gasteiger partial charge in [0.1, 0.15) is 0 Å². The van der Waals surface area contributed by atoms with Gasteiger partial charge in [-0.1, -0.05) is 11.2 Å². The number of pyridine rings is 1. The first-order valence-corrected chi connectivity index (χ1v) is 7.70. The number of aromatic nitrogens is 3. The van der Waals surface area contributed by atoms with Gasteiger partial charge in [0.05, 0.1) is 0 Å². The molecule has 1 aliphatic heterocycles. The van der Waals surface area contributed by atoms with Crippen molar-refractivity contribution in [3.8, 4) is 0 Å². The van der Waals surface area contributed by atoms with E-state index < -0.39 is 0 Å². The van der Waals surface area contributed by atoms with E-state index in [0.717, 1.165) is 30.9 Å². The van der Waals surface area contributed by atoms with E-state index in [-0.39, 0.29) is 11.8 Å². The van der Waals surface area contributed by atoms with E-state index in [1.54, 1.807) is 13.1 Å². The van der Waals surface area contributed by atoms with Gasteiger partial charge >= 0.3 is 0 Å². The molecule has 2 aromatic rings. The maximum absolute atomic E-state index is 12.4. The van der Waals surface area contributed by atoms with Crippen LogP contribution in [0.2, 0.25) is 0 Å². The minimum atomic E-state index is 0.176. The van der Waals surface area contributed by atoms with Crippen LogP contribution in [0.4, 0.5) is 0 Å². The van der Waals surface area contributed by atoms with Gasteiger partial charge in [0.25, 0.3) is 0 Å². The number of hydrogen-bond donors (Lipinski definition) is 0. The van der Waals surface area contributed by atoms with Gasteiger partial charge in [-0.05, 0) is 31.4 Å². The third kappa shape index (κ3) is 3.50. The van der Waals surface area contributed by atoms with E-state index in [0.29, 0.717) is 25.3 Å². The molecular weight excluding hydrogens is 280 g/mol. The number of amides is 1. The van der Waals surface area contributed by atoms with Gasteiger partial charge in [0.15, 0.2) is 5.82 Å². The Bertz CT molecular complexity index is 626. The van der Waals surface area contributed by atoms with Crippen LogP contribution < -0.4 is 0 Å². The molecule has 3 rings (SSSR count). The number of aryl methyl sites for hydroxylation is 2. The van der Waals surface area contributed by atoms with Crippen molar-refractivity contribution >= 4 is 5.91 Å². The molecule has 0 spiro atoms. The molecule has 0 aromatic carbocycles. The highest BCUT2D eigenvalue weighted by molar-refractivity contribution is 5.76. The maximum Gasteiger partial charge on any atom is 0.223 e. The molecule has 1 saturated heterocycles. The summed E-state index contributed by atoms with van der Waals surface area (Å²) in [6.45, 7) is 3.28. The molecule has 0 radical (unpaired) electrons. The second-order valence-electron chi connectivity index (χ2n) is 5.67. The predicted octanol–water partition coefficient (Wildman–Crippen LogP) is 2.11. The fourth-order valence-electron chi connectivity index (χ4n) is 2.83. The molecule has 1 amide bonds. The quantitative estimate of drug-likeness (QED) is 0.864. The van der Waals surface area contributed by atoms with Gasteiger partial charge in [0.2, 0.25) is 11.8 Å². The number of hydrogen-bond acceptors (Lipinski definition) is 5. The fourth-order valence-corrected chi connectivity index (χ4v) is 2.83. The molecule has 0 unspecified atom stereocenters. The van der Waals surface area contributed by atoms with E-state index in [4.69, 9.17) is 4.52 Å². The van der Waals surface area contributed by atoms with Crippen LogP contribution in [0, 0.1) is 6.92 Å². The molecule has 22 heavy (non-hydrogen) atoms.